The van der Waals surface area contributed by atoms with Crippen molar-refractivity contribution in [1.29, 1.82) is 0 Å². The molecule has 0 aromatic heterocycles. The molecule has 0 spiro atoms. The molecule has 0 bridgehead atoms. The Balaban J connectivity index is 2.50. The van der Waals surface area contributed by atoms with E-state index in [-0.39, 0.29) is 5.97 Å². The highest BCUT2D eigenvalue weighted by molar-refractivity contribution is 5.77. The monoisotopic (exact) mass is 263 g/mol. The lowest BCUT2D eigenvalue weighted by Crippen LogP contribution is -2.25. The van der Waals surface area contributed by atoms with Gasteiger partial charge in [0.2, 0.25) is 0 Å². The van der Waals surface area contributed by atoms with Crippen LogP contribution in [0, 0.1) is 11.3 Å². The molecule has 0 fully saturated rings. The molecule has 0 radical (unpaired) electrons. The van der Waals surface area contributed by atoms with Crippen molar-refractivity contribution in [2.75, 3.05) is 11.9 Å². The first-order valence-electron chi connectivity index (χ1n) is 6.85. The highest BCUT2D eigenvalue weighted by Gasteiger charge is 2.23. The smallest absolute Gasteiger partial charge is 0.316 e. The molecule has 0 saturated heterocycles. The number of hydrogen-bond acceptors (Lipinski definition) is 3. The zero-order chi connectivity index (χ0) is 14.5. The van der Waals surface area contributed by atoms with Crippen LogP contribution < -0.4 is 10.1 Å². The third-order valence-electron chi connectivity index (χ3n) is 2.73. The van der Waals surface area contributed by atoms with Crippen LogP contribution in [0.15, 0.2) is 24.3 Å². The predicted octanol–water partition coefficient (Wildman–Crippen LogP) is 4.10. The Morgan fingerprint density at radius 1 is 1.21 bits per heavy atom. The molecule has 0 heterocycles. The second kappa shape index (κ2) is 6.60. The average Bonchev–Trinajstić information content (AvgIpc) is 2.29. The maximum absolute atomic E-state index is 11.7. The van der Waals surface area contributed by atoms with Crippen LogP contribution >= 0.6 is 0 Å². The molecule has 3 nitrogen and oxygen atoms in total. The number of hydrogen-bond donors (Lipinski definition) is 1. The Bertz CT molecular complexity index is 402. The van der Waals surface area contributed by atoms with E-state index in [1.54, 1.807) is 0 Å². The Hall–Kier alpha value is -1.51. The van der Waals surface area contributed by atoms with E-state index in [1.807, 2.05) is 45.0 Å². The third kappa shape index (κ3) is 5.77. The molecule has 0 aliphatic carbocycles. The molecular weight excluding hydrogens is 238 g/mol. The molecule has 0 atom stereocenters. The zero-order valence-electron chi connectivity index (χ0n) is 12.6. The second-order valence-corrected chi connectivity index (χ2v) is 6.27. The van der Waals surface area contributed by atoms with Crippen molar-refractivity contribution in [3.63, 3.8) is 0 Å². The SMILES string of the molecule is CC(C)CCNc1ccc(OC(=O)C(C)(C)C)cc1. The lowest BCUT2D eigenvalue weighted by atomic mass is 9.97. The lowest BCUT2D eigenvalue weighted by molar-refractivity contribution is -0.142. The minimum absolute atomic E-state index is 0.215. The Morgan fingerprint density at radius 2 is 1.79 bits per heavy atom. The summed E-state index contributed by atoms with van der Waals surface area (Å²) in [4.78, 5) is 11.7. The maximum Gasteiger partial charge on any atom is 0.316 e. The van der Waals surface area contributed by atoms with Gasteiger partial charge in [-0.15, -0.1) is 0 Å². The quantitative estimate of drug-likeness (QED) is 0.642. The number of benzene rings is 1. The largest absolute Gasteiger partial charge is 0.426 e. The Labute approximate surface area is 116 Å². The minimum Gasteiger partial charge on any atom is -0.426 e. The Kier molecular flexibility index (Phi) is 5.40. The van der Waals surface area contributed by atoms with Gasteiger partial charge < -0.3 is 10.1 Å². The predicted molar refractivity (Wildman–Crippen MR) is 79.5 cm³/mol. The summed E-state index contributed by atoms with van der Waals surface area (Å²) in [5.41, 5.74) is 0.574. The summed E-state index contributed by atoms with van der Waals surface area (Å²) in [5.74, 6) is 1.07. The molecule has 1 aromatic carbocycles. The molecule has 0 amide bonds. The van der Waals surface area contributed by atoms with Gasteiger partial charge in [-0.2, -0.15) is 0 Å². The number of rotatable bonds is 5. The van der Waals surface area contributed by atoms with Crippen LogP contribution in [-0.2, 0) is 4.79 Å². The van der Waals surface area contributed by atoms with Gasteiger partial charge in [0.25, 0.3) is 0 Å². The molecule has 0 unspecified atom stereocenters. The fourth-order valence-corrected chi connectivity index (χ4v) is 1.41. The number of ether oxygens (including phenoxy) is 1. The van der Waals surface area contributed by atoms with E-state index in [1.165, 1.54) is 0 Å². The first-order chi connectivity index (χ1) is 8.79. The average molecular weight is 263 g/mol. The fraction of sp³-hybridized carbons (Fsp3) is 0.562. The van der Waals surface area contributed by atoms with Crippen molar-refractivity contribution in [3.05, 3.63) is 24.3 Å². The number of nitrogens with one attached hydrogen (secondary N) is 1. The van der Waals surface area contributed by atoms with E-state index in [2.05, 4.69) is 19.2 Å². The van der Waals surface area contributed by atoms with E-state index >= 15 is 0 Å². The van der Waals surface area contributed by atoms with Gasteiger partial charge in [0.15, 0.2) is 0 Å². The van der Waals surface area contributed by atoms with Gasteiger partial charge >= 0.3 is 5.97 Å². The summed E-state index contributed by atoms with van der Waals surface area (Å²) in [5, 5.41) is 3.35. The summed E-state index contributed by atoms with van der Waals surface area (Å²) in [7, 11) is 0. The molecule has 0 saturated carbocycles. The highest BCUT2D eigenvalue weighted by atomic mass is 16.5. The number of esters is 1. The molecule has 0 aliphatic heterocycles. The van der Waals surface area contributed by atoms with Crippen molar-refractivity contribution >= 4 is 11.7 Å². The normalized spacial score (nSPS) is 11.5. The molecule has 106 valence electrons. The van der Waals surface area contributed by atoms with E-state index in [0.717, 1.165) is 18.7 Å². The first-order valence-corrected chi connectivity index (χ1v) is 6.85. The molecule has 3 heteroatoms. The van der Waals surface area contributed by atoms with Gasteiger partial charge in [-0.1, -0.05) is 13.8 Å². The minimum atomic E-state index is -0.478. The van der Waals surface area contributed by atoms with E-state index in [4.69, 9.17) is 4.74 Å². The number of carbonyl (C=O) groups is 1. The maximum atomic E-state index is 11.7. The Morgan fingerprint density at radius 3 is 2.26 bits per heavy atom. The third-order valence-corrected chi connectivity index (χ3v) is 2.73. The van der Waals surface area contributed by atoms with Crippen LogP contribution in [0.3, 0.4) is 0 Å². The summed E-state index contributed by atoms with van der Waals surface area (Å²) < 4.78 is 5.31. The number of carbonyl (C=O) groups excluding carboxylic acids is 1. The van der Waals surface area contributed by atoms with Crippen molar-refractivity contribution in [2.24, 2.45) is 11.3 Å². The van der Waals surface area contributed by atoms with Gasteiger partial charge in [0, 0.05) is 12.2 Å². The van der Waals surface area contributed by atoms with Crippen molar-refractivity contribution in [3.8, 4) is 5.75 Å². The molecule has 1 N–H and O–H groups in total. The van der Waals surface area contributed by atoms with Crippen molar-refractivity contribution < 1.29 is 9.53 Å². The molecule has 1 rings (SSSR count). The zero-order valence-corrected chi connectivity index (χ0v) is 12.6. The molecule has 0 aliphatic rings. The summed E-state index contributed by atoms with van der Waals surface area (Å²) in [6, 6.07) is 7.51. The van der Waals surface area contributed by atoms with Gasteiger partial charge in [0.1, 0.15) is 5.75 Å². The van der Waals surface area contributed by atoms with Crippen LogP contribution in [0.5, 0.6) is 5.75 Å². The summed E-state index contributed by atoms with van der Waals surface area (Å²) in [6.07, 6.45) is 1.14. The van der Waals surface area contributed by atoms with Crippen LogP contribution in [0.25, 0.3) is 0 Å². The first kappa shape index (κ1) is 15.5. The van der Waals surface area contributed by atoms with Gasteiger partial charge in [-0.05, 0) is 57.4 Å². The fourth-order valence-electron chi connectivity index (χ4n) is 1.41. The lowest BCUT2D eigenvalue weighted by Gasteiger charge is -2.16. The van der Waals surface area contributed by atoms with Gasteiger partial charge in [-0.25, -0.2) is 0 Å². The molecule has 1 aromatic rings. The van der Waals surface area contributed by atoms with Crippen molar-refractivity contribution in [2.45, 2.75) is 41.0 Å². The van der Waals surface area contributed by atoms with E-state index in [9.17, 15) is 4.79 Å². The van der Waals surface area contributed by atoms with E-state index in [0.29, 0.717) is 11.7 Å². The second-order valence-electron chi connectivity index (χ2n) is 6.27. The topological polar surface area (TPSA) is 38.3 Å². The van der Waals surface area contributed by atoms with Gasteiger partial charge in [0.05, 0.1) is 5.41 Å². The van der Waals surface area contributed by atoms with Crippen LogP contribution in [0.1, 0.15) is 41.0 Å². The summed E-state index contributed by atoms with van der Waals surface area (Å²) in [6.45, 7) is 10.9. The van der Waals surface area contributed by atoms with Crippen LogP contribution in [-0.4, -0.2) is 12.5 Å². The summed E-state index contributed by atoms with van der Waals surface area (Å²) >= 11 is 0. The van der Waals surface area contributed by atoms with Crippen LogP contribution in [0.2, 0.25) is 0 Å². The van der Waals surface area contributed by atoms with Gasteiger partial charge in [-0.3, -0.25) is 4.79 Å². The highest BCUT2D eigenvalue weighted by Crippen LogP contribution is 2.21. The number of anilines is 1. The molecular formula is C16H25NO2. The van der Waals surface area contributed by atoms with E-state index < -0.39 is 5.41 Å². The molecule has 19 heavy (non-hydrogen) atoms. The van der Waals surface area contributed by atoms with Crippen molar-refractivity contribution in [1.82, 2.24) is 0 Å². The van der Waals surface area contributed by atoms with Crippen LogP contribution in [0.4, 0.5) is 5.69 Å². The standard InChI is InChI=1S/C16H25NO2/c1-12(2)10-11-17-13-6-8-14(9-7-13)19-15(18)16(3,4)5/h6-9,12,17H,10-11H2,1-5H3.